The van der Waals surface area contributed by atoms with Gasteiger partial charge in [-0.05, 0) is 36.4 Å². The largest absolute Gasteiger partial charge is 0.311 e. The van der Waals surface area contributed by atoms with Gasteiger partial charge in [0.05, 0.1) is 20.3 Å². The molecule has 7 heteroatoms. The van der Waals surface area contributed by atoms with E-state index in [0.29, 0.717) is 32.5 Å². The van der Waals surface area contributed by atoms with Crippen LogP contribution in [0.2, 0.25) is 10.0 Å². The fourth-order valence-corrected chi connectivity index (χ4v) is 3.75. The van der Waals surface area contributed by atoms with Crippen molar-refractivity contribution in [1.82, 2.24) is 4.57 Å². The first-order valence-electron chi connectivity index (χ1n) is 6.94. The van der Waals surface area contributed by atoms with Crippen LogP contribution in [-0.2, 0) is 6.54 Å². The zero-order valence-corrected chi connectivity index (χ0v) is 14.6. The van der Waals surface area contributed by atoms with Crippen molar-refractivity contribution in [3.8, 4) is 0 Å². The van der Waals surface area contributed by atoms with Crippen molar-refractivity contribution >= 4 is 50.7 Å². The average molecular weight is 381 g/mol. The van der Waals surface area contributed by atoms with E-state index in [0.717, 1.165) is 4.70 Å². The summed E-state index contributed by atoms with van der Waals surface area (Å²) < 4.78 is 15.6. The van der Waals surface area contributed by atoms with Gasteiger partial charge in [0.2, 0.25) is 0 Å². The lowest BCUT2D eigenvalue weighted by molar-refractivity contribution is 0.0998. The highest BCUT2D eigenvalue weighted by Crippen LogP contribution is 2.32. The maximum Gasteiger partial charge on any atom is 0.279 e. The van der Waals surface area contributed by atoms with Crippen molar-refractivity contribution in [2.24, 2.45) is 4.99 Å². The van der Waals surface area contributed by atoms with Crippen molar-refractivity contribution in [2.75, 3.05) is 0 Å². The number of amides is 1. The fourth-order valence-electron chi connectivity index (χ4n) is 2.23. The van der Waals surface area contributed by atoms with E-state index >= 15 is 0 Å². The van der Waals surface area contributed by atoms with Gasteiger partial charge >= 0.3 is 0 Å². The van der Waals surface area contributed by atoms with E-state index in [9.17, 15) is 9.18 Å². The Bertz CT molecular complexity index is 1010. The van der Waals surface area contributed by atoms with E-state index in [2.05, 4.69) is 11.6 Å². The van der Waals surface area contributed by atoms with Crippen LogP contribution in [-0.4, -0.2) is 10.5 Å². The molecule has 0 N–H and O–H groups in total. The zero-order chi connectivity index (χ0) is 17.3. The molecule has 0 atom stereocenters. The minimum Gasteiger partial charge on any atom is -0.311 e. The molecule has 0 unspecified atom stereocenters. The molecule has 2 aromatic carbocycles. The lowest BCUT2D eigenvalue weighted by atomic mass is 10.2. The van der Waals surface area contributed by atoms with Crippen LogP contribution in [0.15, 0.2) is 54.0 Å². The zero-order valence-electron chi connectivity index (χ0n) is 12.3. The molecule has 0 aliphatic carbocycles. The van der Waals surface area contributed by atoms with Gasteiger partial charge in [-0.3, -0.25) is 4.79 Å². The standard InChI is InChI=1S/C17H11Cl2FN2OS/c1-2-9-22-15-13(8-7-12(18)14(15)19)24-17(22)21-16(23)10-3-5-11(20)6-4-10/h2-8H,1,9H2. The monoisotopic (exact) mass is 380 g/mol. The molecule has 0 radical (unpaired) electrons. The van der Waals surface area contributed by atoms with Gasteiger partial charge in [0.1, 0.15) is 5.82 Å². The van der Waals surface area contributed by atoms with Crippen LogP contribution in [0.1, 0.15) is 10.4 Å². The summed E-state index contributed by atoms with van der Waals surface area (Å²) in [6, 6.07) is 8.78. The van der Waals surface area contributed by atoms with Crippen LogP contribution in [0.4, 0.5) is 4.39 Å². The molecule has 122 valence electrons. The Kier molecular flexibility index (Phi) is 4.85. The lowest BCUT2D eigenvalue weighted by Crippen LogP contribution is -2.16. The molecule has 0 aliphatic rings. The summed E-state index contributed by atoms with van der Waals surface area (Å²) in [5.74, 6) is -0.863. The van der Waals surface area contributed by atoms with Gasteiger partial charge in [-0.1, -0.05) is 40.6 Å². The Labute approximate surface area is 151 Å². The highest BCUT2D eigenvalue weighted by atomic mass is 35.5. The van der Waals surface area contributed by atoms with Gasteiger partial charge in [-0.15, -0.1) is 6.58 Å². The molecular weight excluding hydrogens is 370 g/mol. The molecule has 0 bridgehead atoms. The summed E-state index contributed by atoms with van der Waals surface area (Å²) in [6.07, 6.45) is 1.69. The third kappa shape index (κ3) is 3.15. The molecule has 1 amide bonds. The summed E-state index contributed by atoms with van der Waals surface area (Å²) in [5.41, 5.74) is 1.02. The highest BCUT2D eigenvalue weighted by Gasteiger charge is 2.13. The maximum atomic E-state index is 13.0. The molecule has 3 aromatic rings. The smallest absolute Gasteiger partial charge is 0.279 e. The maximum absolute atomic E-state index is 13.0. The quantitative estimate of drug-likeness (QED) is 0.583. The van der Waals surface area contributed by atoms with Gasteiger partial charge in [-0.25, -0.2) is 4.39 Å². The normalized spacial score (nSPS) is 11.9. The number of hydrogen-bond acceptors (Lipinski definition) is 2. The first-order chi connectivity index (χ1) is 11.5. The van der Waals surface area contributed by atoms with Gasteiger partial charge in [0.25, 0.3) is 5.91 Å². The van der Waals surface area contributed by atoms with Crippen molar-refractivity contribution in [2.45, 2.75) is 6.54 Å². The Morgan fingerprint density at radius 1 is 1.25 bits per heavy atom. The number of carbonyl (C=O) groups is 1. The van der Waals surface area contributed by atoms with Crippen LogP contribution < -0.4 is 4.80 Å². The number of allylic oxidation sites excluding steroid dienone is 1. The molecule has 3 rings (SSSR count). The molecule has 0 aliphatic heterocycles. The number of halogens is 3. The summed E-state index contributed by atoms with van der Waals surface area (Å²) in [7, 11) is 0. The van der Waals surface area contributed by atoms with Crippen molar-refractivity contribution in [1.29, 1.82) is 0 Å². The molecule has 0 saturated carbocycles. The topological polar surface area (TPSA) is 34.4 Å². The SMILES string of the molecule is C=CCn1c(=NC(=O)c2ccc(F)cc2)sc2ccc(Cl)c(Cl)c21. The van der Waals surface area contributed by atoms with Crippen molar-refractivity contribution in [3.63, 3.8) is 0 Å². The van der Waals surface area contributed by atoms with E-state index in [4.69, 9.17) is 23.2 Å². The van der Waals surface area contributed by atoms with Gasteiger partial charge in [0.15, 0.2) is 4.80 Å². The minimum absolute atomic E-state index is 0.308. The van der Waals surface area contributed by atoms with E-state index in [-0.39, 0.29) is 0 Å². The molecule has 1 aromatic heterocycles. The van der Waals surface area contributed by atoms with Gasteiger partial charge < -0.3 is 4.57 Å². The summed E-state index contributed by atoms with van der Waals surface area (Å²) >= 11 is 13.7. The van der Waals surface area contributed by atoms with Crippen LogP contribution in [0, 0.1) is 5.82 Å². The number of aromatic nitrogens is 1. The molecule has 0 saturated heterocycles. The number of thiazole rings is 1. The second-order valence-corrected chi connectivity index (χ2v) is 6.71. The Morgan fingerprint density at radius 3 is 2.62 bits per heavy atom. The van der Waals surface area contributed by atoms with Crippen LogP contribution >= 0.6 is 34.5 Å². The second-order valence-electron chi connectivity index (χ2n) is 4.92. The van der Waals surface area contributed by atoms with Crippen molar-refractivity contribution < 1.29 is 9.18 Å². The first kappa shape index (κ1) is 16.9. The molecule has 3 nitrogen and oxygen atoms in total. The number of carbonyl (C=O) groups excluding carboxylic acids is 1. The van der Waals surface area contributed by atoms with Gasteiger partial charge in [0, 0.05) is 12.1 Å². The predicted octanol–water partition coefficient (Wildman–Crippen LogP) is 5.08. The molecule has 1 heterocycles. The average Bonchev–Trinajstić information content (AvgIpc) is 2.90. The van der Waals surface area contributed by atoms with Gasteiger partial charge in [-0.2, -0.15) is 4.99 Å². The number of fused-ring (bicyclic) bond motifs is 1. The highest BCUT2D eigenvalue weighted by molar-refractivity contribution is 7.16. The molecule has 24 heavy (non-hydrogen) atoms. The third-order valence-corrected chi connectivity index (χ3v) is 5.17. The van der Waals surface area contributed by atoms with Crippen molar-refractivity contribution in [3.05, 3.63) is 75.3 Å². The summed E-state index contributed by atoms with van der Waals surface area (Å²) in [5, 5.41) is 0.833. The van der Waals surface area contributed by atoms with Crippen LogP contribution in [0.3, 0.4) is 0 Å². The third-order valence-electron chi connectivity index (χ3n) is 3.33. The van der Waals surface area contributed by atoms with E-state index in [1.54, 1.807) is 16.7 Å². The Morgan fingerprint density at radius 2 is 1.96 bits per heavy atom. The number of benzene rings is 2. The van der Waals surface area contributed by atoms with E-state index in [1.165, 1.54) is 35.6 Å². The number of rotatable bonds is 3. The minimum atomic E-state index is -0.457. The number of hydrogen-bond donors (Lipinski definition) is 0. The van der Waals surface area contributed by atoms with Crippen LogP contribution in [0.5, 0.6) is 0 Å². The lowest BCUT2D eigenvalue weighted by Gasteiger charge is -2.04. The molecule has 0 fully saturated rings. The summed E-state index contributed by atoms with van der Waals surface area (Å²) in [6.45, 7) is 4.15. The second kappa shape index (κ2) is 6.89. The van der Waals surface area contributed by atoms with Crippen LogP contribution in [0.25, 0.3) is 10.2 Å². The Hall–Kier alpha value is -1.95. The Balaban J connectivity index is 2.19. The molecular formula is C17H11Cl2FN2OS. The predicted molar refractivity (Wildman–Crippen MR) is 96.3 cm³/mol. The molecule has 0 spiro atoms. The van der Waals surface area contributed by atoms with E-state index < -0.39 is 11.7 Å². The first-order valence-corrected chi connectivity index (χ1v) is 8.51. The fraction of sp³-hybridized carbons (Fsp3) is 0.0588. The summed E-state index contributed by atoms with van der Waals surface area (Å²) in [4.78, 5) is 17.0. The number of nitrogens with zero attached hydrogens (tertiary/aromatic N) is 2. The van der Waals surface area contributed by atoms with E-state index in [1.807, 2.05) is 6.07 Å².